The van der Waals surface area contributed by atoms with Gasteiger partial charge in [0.1, 0.15) is 11.4 Å². The van der Waals surface area contributed by atoms with Crippen LogP contribution in [0.1, 0.15) is 10.5 Å². The van der Waals surface area contributed by atoms with Gasteiger partial charge < -0.3 is 5.11 Å². The Bertz CT molecular complexity index is 480. The minimum absolute atomic E-state index is 0.0661. The molecule has 0 unspecified atom stereocenters. The number of pyridine rings is 1. The number of nitrogens with zero attached hydrogens (tertiary/aromatic N) is 1. The van der Waals surface area contributed by atoms with Crippen LogP contribution in [-0.2, 0) is 0 Å². The molecular weight excluding hydrogens is 190 g/mol. The summed E-state index contributed by atoms with van der Waals surface area (Å²) in [6.45, 7) is 0. The van der Waals surface area contributed by atoms with Crippen LogP contribution in [0.25, 0.3) is 11.3 Å². The second-order valence-corrected chi connectivity index (χ2v) is 3.08. The van der Waals surface area contributed by atoms with Crippen molar-refractivity contribution in [2.24, 2.45) is 0 Å². The summed E-state index contributed by atoms with van der Waals surface area (Å²) >= 11 is 0. The van der Waals surface area contributed by atoms with E-state index in [1.54, 1.807) is 6.07 Å². The molecule has 0 radical (unpaired) electrons. The minimum Gasteiger partial charge on any atom is -0.506 e. The fraction of sp³-hybridized carbons (Fsp3) is 0. The third-order valence-electron chi connectivity index (χ3n) is 2.08. The molecule has 0 spiro atoms. The zero-order valence-corrected chi connectivity index (χ0v) is 7.92. The highest BCUT2D eigenvalue weighted by atomic mass is 16.3. The monoisotopic (exact) mass is 199 g/mol. The minimum atomic E-state index is -0.0929. The Morgan fingerprint density at radius 3 is 2.47 bits per heavy atom. The fourth-order valence-corrected chi connectivity index (χ4v) is 1.32. The quantitative estimate of drug-likeness (QED) is 0.755. The van der Waals surface area contributed by atoms with E-state index in [2.05, 4.69) is 4.98 Å². The van der Waals surface area contributed by atoms with E-state index in [0.717, 1.165) is 5.56 Å². The van der Waals surface area contributed by atoms with E-state index in [4.69, 9.17) is 0 Å². The number of rotatable bonds is 2. The molecule has 0 saturated carbocycles. The molecule has 0 atom stereocenters. The lowest BCUT2D eigenvalue weighted by Gasteiger charge is -2.02. The number of hydrogen-bond donors (Lipinski definition) is 1. The Labute approximate surface area is 87.0 Å². The van der Waals surface area contributed by atoms with Gasteiger partial charge in [-0.15, -0.1) is 0 Å². The van der Waals surface area contributed by atoms with Crippen molar-refractivity contribution in [3.63, 3.8) is 0 Å². The predicted octanol–water partition coefficient (Wildman–Crippen LogP) is 2.27. The smallest absolute Gasteiger partial charge is 0.172 e. The van der Waals surface area contributed by atoms with Gasteiger partial charge in [-0.05, 0) is 12.1 Å². The maximum atomic E-state index is 10.6. The van der Waals surface area contributed by atoms with Gasteiger partial charge in [0.15, 0.2) is 6.29 Å². The third-order valence-corrected chi connectivity index (χ3v) is 2.08. The summed E-state index contributed by atoms with van der Waals surface area (Å²) in [5.41, 5.74) is 1.66. The van der Waals surface area contributed by atoms with E-state index >= 15 is 0 Å². The highest BCUT2D eigenvalue weighted by Crippen LogP contribution is 2.20. The van der Waals surface area contributed by atoms with Crippen LogP contribution in [0.15, 0.2) is 42.5 Å². The number of carbonyl (C=O) groups excluding carboxylic acids is 1. The van der Waals surface area contributed by atoms with Gasteiger partial charge in [0.25, 0.3) is 0 Å². The first-order chi connectivity index (χ1) is 7.31. The summed E-state index contributed by atoms with van der Waals surface area (Å²) in [6, 6.07) is 12.6. The van der Waals surface area contributed by atoms with E-state index in [1.807, 2.05) is 30.3 Å². The van der Waals surface area contributed by atoms with Gasteiger partial charge in [0, 0.05) is 5.56 Å². The number of aldehydes is 1. The summed E-state index contributed by atoms with van der Waals surface area (Å²) < 4.78 is 0. The van der Waals surface area contributed by atoms with Gasteiger partial charge in [0.2, 0.25) is 0 Å². The van der Waals surface area contributed by atoms with Crippen LogP contribution < -0.4 is 0 Å². The lowest BCUT2D eigenvalue weighted by molar-refractivity contribution is 0.111. The molecule has 2 aromatic rings. The number of benzene rings is 1. The highest BCUT2D eigenvalue weighted by Gasteiger charge is 2.04. The molecule has 0 amide bonds. The summed E-state index contributed by atoms with van der Waals surface area (Å²) in [4.78, 5) is 14.6. The normalized spacial score (nSPS) is 9.87. The molecule has 0 aliphatic heterocycles. The van der Waals surface area contributed by atoms with Crippen molar-refractivity contribution in [1.82, 2.24) is 4.98 Å². The SMILES string of the molecule is O=Cc1nc(-c2ccccc2)ccc1O. The van der Waals surface area contributed by atoms with Crippen molar-refractivity contribution in [2.45, 2.75) is 0 Å². The molecule has 3 heteroatoms. The van der Waals surface area contributed by atoms with Gasteiger partial charge in [-0.25, -0.2) is 4.98 Å². The lowest BCUT2D eigenvalue weighted by atomic mass is 10.1. The molecule has 74 valence electrons. The second kappa shape index (κ2) is 3.92. The van der Waals surface area contributed by atoms with Crippen molar-refractivity contribution in [3.05, 3.63) is 48.2 Å². The average Bonchev–Trinajstić information content (AvgIpc) is 2.31. The molecule has 15 heavy (non-hydrogen) atoms. The molecule has 2 rings (SSSR count). The number of aromatic hydroxyl groups is 1. The molecular formula is C12H9NO2. The molecule has 3 nitrogen and oxygen atoms in total. The van der Waals surface area contributed by atoms with Crippen LogP contribution in [0.3, 0.4) is 0 Å². The van der Waals surface area contributed by atoms with Crippen LogP contribution >= 0.6 is 0 Å². The number of hydrogen-bond acceptors (Lipinski definition) is 3. The van der Waals surface area contributed by atoms with Crippen molar-refractivity contribution >= 4 is 6.29 Å². The maximum absolute atomic E-state index is 10.6. The Morgan fingerprint density at radius 1 is 1.07 bits per heavy atom. The topological polar surface area (TPSA) is 50.2 Å². The fourth-order valence-electron chi connectivity index (χ4n) is 1.32. The van der Waals surface area contributed by atoms with Crippen LogP contribution in [0, 0.1) is 0 Å². The molecule has 1 aromatic heterocycles. The summed E-state index contributed by atoms with van der Waals surface area (Å²) in [5, 5.41) is 9.29. The van der Waals surface area contributed by atoms with Crippen molar-refractivity contribution in [1.29, 1.82) is 0 Å². The molecule has 0 bridgehead atoms. The van der Waals surface area contributed by atoms with Gasteiger partial charge >= 0.3 is 0 Å². The standard InChI is InChI=1S/C12H9NO2/c14-8-11-12(15)7-6-10(13-11)9-4-2-1-3-5-9/h1-8,15H. The van der Waals surface area contributed by atoms with Crippen molar-refractivity contribution in [3.8, 4) is 17.0 Å². The van der Waals surface area contributed by atoms with E-state index in [1.165, 1.54) is 6.07 Å². The number of aromatic nitrogens is 1. The highest BCUT2D eigenvalue weighted by molar-refractivity contribution is 5.77. The number of carbonyl (C=O) groups is 1. The molecule has 0 aliphatic carbocycles. The predicted molar refractivity (Wildman–Crippen MR) is 56.7 cm³/mol. The second-order valence-electron chi connectivity index (χ2n) is 3.08. The van der Waals surface area contributed by atoms with E-state index < -0.39 is 0 Å². The average molecular weight is 199 g/mol. The third kappa shape index (κ3) is 1.86. The Morgan fingerprint density at radius 2 is 1.80 bits per heavy atom. The van der Waals surface area contributed by atoms with Crippen LogP contribution in [-0.4, -0.2) is 16.4 Å². The Balaban J connectivity index is 2.51. The zero-order chi connectivity index (χ0) is 10.7. The molecule has 1 N–H and O–H groups in total. The van der Waals surface area contributed by atoms with E-state index in [9.17, 15) is 9.90 Å². The molecule has 0 aliphatic rings. The largest absolute Gasteiger partial charge is 0.506 e. The van der Waals surface area contributed by atoms with Crippen LogP contribution in [0.5, 0.6) is 5.75 Å². The summed E-state index contributed by atoms with van der Waals surface area (Å²) in [5.74, 6) is -0.0929. The van der Waals surface area contributed by atoms with Gasteiger partial charge in [-0.3, -0.25) is 4.79 Å². The van der Waals surface area contributed by atoms with Crippen molar-refractivity contribution < 1.29 is 9.90 Å². The summed E-state index contributed by atoms with van der Waals surface area (Å²) in [6.07, 6.45) is 0.543. The first kappa shape index (κ1) is 9.40. The zero-order valence-electron chi connectivity index (χ0n) is 7.92. The van der Waals surface area contributed by atoms with Crippen LogP contribution in [0.4, 0.5) is 0 Å². The summed E-state index contributed by atoms with van der Waals surface area (Å²) in [7, 11) is 0. The first-order valence-corrected chi connectivity index (χ1v) is 4.52. The first-order valence-electron chi connectivity index (χ1n) is 4.52. The van der Waals surface area contributed by atoms with Gasteiger partial charge in [-0.1, -0.05) is 30.3 Å². The molecule has 1 aromatic carbocycles. The lowest BCUT2D eigenvalue weighted by Crippen LogP contribution is -1.90. The molecule has 1 heterocycles. The van der Waals surface area contributed by atoms with Gasteiger partial charge in [0.05, 0.1) is 5.69 Å². The molecule has 0 saturated heterocycles. The van der Waals surface area contributed by atoms with Crippen LogP contribution in [0.2, 0.25) is 0 Å². The Hall–Kier alpha value is -2.16. The molecule has 0 fully saturated rings. The van der Waals surface area contributed by atoms with Gasteiger partial charge in [-0.2, -0.15) is 0 Å². The van der Waals surface area contributed by atoms with Crippen molar-refractivity contribution in [2.75, 3.05) is 0 Å². The van der Waals surface area contributed by atoms with E-state index in [0.29, 0.717) is 12.0 Å². The maximum Gasteiger partial charge on any atom is 0.172 e. The van der Waals surface area contributed by atoms with E-state index in [-0.39, 0.29) is 11.4 Å². The Kier molecular flexibility index (Phi) is 2.46.